The Morgan fingerprint density at radius 1 is 1.36 bits per heavy atom. The zero-order valence-electron chi connectivity index (χ0n) is 8.54. The van der Waals surface area contributed by atoms with Gasteiger partial charge in [0.2, 0.25) is 0 Å². The first-order valence-corrected chi connectivity index (χ1v) is 4.93. The molecular weight excluding hydrogens is 176 g/mol. The monoisotopic (exact) mass is 190 g/mol. The molecule has 0 amide bonds. The fraction of sp³-hybridized carbons (Fsp3) is 0.333. The minimum absolute atomic E-state index is 0.735. The van der Waals surface area contributed by atoms with Crippen molar-refractivity contribution in [3.8, 4) is 5.75 Å². The first kappa shape index (κ1) is 9.13. The highest BCUT2D eigenvalue weighted by atomic mass is 16.5. The Morgan fingerprint density at radius 3 is 3.00 bits per heavy atom. The van der Waals surface area contributed by atoms with Crippen molar-refractivity contribution in [1.29, 1.82) is 0 Å². The van der Waals surface area contributed by atoms with Crippen molar-refractivity contribution >= 4 is 11.0 Å². The molecule has 0 spiro atoms. The molecule has 2 heteroatoms. The van der Waals surface area contributed by atoms with Crippen LogP contribution in [0.3, 0.4) is 0 Å². The van der Waals surface area contributed by atoms with E-state index in [4.69, 9.17) is 9.15 Å². The van der Waals surface area contributed by atoms with Gasteiger partial charge in [0.1, 0.15) is 5.76 Å². The van der Waals surface area contributed by atoms with Gasteiger partial charge in [-0.15, -0.1) is 0 Å². The van der Waals surface area contributed by atoms with E-state index in [1.165, 1.54) is 0 Å². The van der Waals surface area contributed by atoms with Gasteiger partial charge in [0.25, 0.3) is 0 Å². The van der Waals surface area contributed by atoms with Gasteiger partial charge in [-0.2, -0.15) is 0 Å². The van der Waals surface area contributed by atoms with Crippen molar-refractivity contribution in [2.45, 2.75) is 20.3 Å². The second kappa shape index (κ2) is 3.74. The lowest BCUT2D eigenvalue weighted by molar-refractivity contribution is 0.316. The number of furan rings is 1. The molecule has 1 heterocycles. The van der Waals surface area contributed by atoms with Crippen LogP contribution in [0.25, 0.3) is 11.0 Å². The molecule has 0 saturated heterocycles. The van der Waals surface area contributed by atoms with Crippen LogP contribution in [0.4, 0.5) is 0 Å². The van der Waals surface area contributed by atoms with Crippen molar-refractivity contribution in [2.75, 3.05) is 6.61 Å². The summed E-state index contributed by atoms with van der Waals surface area (Å²) in [6.45, 7) is 4.77. The Morgan fingerprint density at radius 2 is 2.21 bits per heavy atom. The third kappa shape index (κ3) is 1.60. The van der Waals surface area contributed by atoms with Gasteiger partial charge in [-0.25, -0.2) is 0 Å². The third-order valence-corrected chi connectivity index (χ3v) is 2.09. The molecule has 0 saturated carbocycles. The molecule has 2 rings (SSSR count). The fourth-order valence-electron chi connectivity index (χ4n) is 1.49. The summed E-state index contributed by atoms with van der Waals surface area (Å²) in [6, 6.07) is 7.99. The van der Waals surface area contributed by atoms with Crippen LogP contribution in [0.15, 0.2) is 28.7 Å². The maximum Gasteiger partial charge on any atom is 0.176 e. The maximum absolute atomic E-state index is 5.59. The lowest BCUT2D eigenvalue weighted by atomic mass is 10.2. The number of benzene rings is 1. The molecule has 14 heavy (non-hydrogen) atoms. The topological polar surface area (TPSA) is 22.4 Å². The second-order valence-electron chi connectivity index (χ2n) is 3.38. The summed E-state index contributed by atoms with van der Waals surface area (Å²) < 4.78 is 11.2. The van der Waals surface area contributed by atoms with Crippen LogP contribution in [0.2, 0.25) is 0 Å². The summed E-state index contributed by atoms with van der Waals surface area (Å²) >= 11 is 0. The Bertz CT molecular complexity index is 429. The molecule has 0 N–H and O–H groups in total. The van der Waals surface area contributed by atoms with Gasteiger partial charge in [0.15, 0.2) is 11.3 Å². The summed E-state index contributed by atoms with van der Waals surface area (Å²) in [6.07, 6.45) is 1.01. The number of rotatable bonds is 3. The van der Waals surface area contributed by atoms with E-state index in [-0.39, 0.29) is 0 Å². The molecule has 2 aromatic rings. The lowest BCUT2D eigenvalue weighted by Crippen LogP contribution is -1.94. The molecule has 0 aliphatic heterocycles. The molecule has 1 aromatic heterocycles. The first-order valence-electron chi connectivity index (χ1n) is 4.93. The molecule has 0 unspecified atom stereocenters. The number of aryl methyl sites for hydroxylation is 1. The van der Waals surface area contributed by atoms with E-state index in [0.29, 0.717) is 0 Å². The van der Waals surface area contributed by atoms with Gasteiger partial charge >= 0.3 is 0 Å². The van der Waals surface area contributed by atoms with Crippen molar-refractivity contribution in [2.24, 2.45) is 0 Å². The number of fused-ring (bicyclic) bond motifs is 1. The number of para-hydroxylation sites is 1. The van der Waals surface area contributed by atoms with E-state index >= 15 is 0 Å². The number of hydrogen-bond acceptors (Lipinski definition) is 2. The fourth-order valence-corrected chi connectivity index (χ4v) is 1.49. The summed E-state index contributed by atoms with van der Waals surface area (Å²) in [5, 5.41) is 1.11. The highest BCUT2D eigenvalue weighted by molar-refractivity contribution is 5.83. The SMILES string of the molecule is CCCOc1cccc2cc(C)oc12. The molecular formula is C12H14O2. The van der Waals surface area contributed by atoms with Crippen molar-refractivity contribution in [3.05, 3.63) is 30.0 Å². The van der Waals surface area contributed by atoms with Gasteiger partial charge in [0.05, 0.1) is 6.61 Å². The van der Waals surface area contributed by atoms with E-state index < -0.39 is 0 Å². The molecule has 0 radical (unpaired) electrons. The quantitative estimate of drug-likeness (QED) is 0.738. The Balaban J connectivity index is 2.42. The number of ether oxygens (including phenoxy) is 1. The molecule has 0 fully saturated rings. The average Bonchev–Trinajstić information content (AvgIpc) is 2.55. The van der Waals surface area contributed by atoms with Crippen molar-refractivity contribution in [3.63, 3.8) is 0 Å². The predicted molar refractivity (Wildman–Crippen MR) is 56.7 cm³/mol. The summed E-state index contributed by atoms with van der Waals surface area (Å²) in [5.74, 6) is 1.77. The van der Waals surface area contributed by atoms with E-state index in [0.717, 1.165) is 35.5 Å². The second-order valence-corrected chi connectivity index (χ2v) is 3.38. The minimum atomic E-state index is 0.735. The molecule has 0 aliphatic rings. The van der Waals surface area contributed by atoms with Crippen LogP contribution in [0.1, 0.15) is 19.1 Å². The van der Waals surface area contributed by atoms with E-state index in [1.807, 2.05) is 31.2 Å². The van der Waals surface area contributed by atoms with Gasteiger partial charge < -0.3 is 9.15 Å². The van der Waals surface area contributed by atoms with Gasteiger partial charge in [0, 0.05) is 5.39 Å². The molecule has 2 nitrogen and oxygen atoms in total. The lowest BCUT2D eigenvalue weighted by Gasteiger charge is -2.03. The molecule has 0 bridgehead atoms. The zero-order chi connectivity index (χ0) is 9.97. The van der Waals surface area contributed by atoms with Gasteiger partial charge in [-0.05, 0) is 25.5 Å². The van der Waals surface area contributed by atoms with E-state index in [1.54, 1.807) is 0 Å². The zero-order valence-corrected chi connectivity index (χ0v) is 8.54. The highest BCUT2D eigenvalue weighted by Crippen LogP contribution is 2.28. The predicted octanol–water partition coefficient (Wildman–Crippen LogP) is 3.53. The van der Waals surface area contributed by atoms with Crippen molar-refractivity contribution in [1.82, 2.24) is 0 Å². The minimum Gasteiger partial charge on any atom is -0.490 e. The molecule has 0 aliphatic carbocycles. The Kier molecular flexibility index (Phi) is 2.44. The summed E-state index contributed by atoms with van der Waals surface area (Å²) in [5.41, 5.74) is 0.860. The Labute approximate surface area is 83.5 Å². The highest BCUT2D eigenvalue weighted by Gasteiger charge is 2.05. The van der Waals surface area contributed by atoms with Crippen LogP contribution >= 0.6 is 0 Å². The molecule has 1 aromatic carbocycles. The summed E-state index contributed by atoms with van der Waals surface area (Å²) in [7, 11) is 0. The normalized spacial score (nSPS) is 10.7. The van der Waals surface area contributed by atoms with Crippen LogP contribution < -0.4 is 4.74 Å². The molecule has 74 valence electrons. The maximum atomic E-state index is 5.59. The van der Waals surface area contributed by atoms with E-state index in [2.05, 4.69) is 6.92 Å². The molecule has 0 atom stereocenters. The van der Waals surface area contributed by atoms with Crippen LogP contribution in [-0.4, -0.2) is 6.61 Å². The third-order valence-electron chi connectivity index (χ3n) is 2.09. The summed E-state index contributed by atoms with van der Waals surface area (Å²) in [4.78, 5) is 0. The van der Waals surface area contributed by atoms with Crippen molar-refractivity contribution < 1.29 is 9.15 Å². The number of hydrogen-bond donors (Lipinski definition) is 0. The smallest absolute Gasteiger partial charge is 0.176 e. The van der Waals surface area contributed by atoms with Gasteiger partial charge in [-0.1, -0.05) is 19.1 Å². The first-order chi connectivity index (χ1) is 6.81. The van der Waals surface area contributed by atoms with Gasteiger partial charge in [-0.3, -0.25) is 0 Å². The van der Waals surface area contributed by atoms with Crippen LogP contribution in [-0.2, 0) is 0 Å². The standard InChI is InChI=1S/C12H14O2/c1-3-7-13-11-6-4-5-10-8-9(2)14-12(10)11/h4-6,8H,3,7H2,1-2H3. The Hall–Kier alpha value is -1.44. The average molecular weight is 190 g/mol. The van der Waals surface area contributed by atoms with Crippen LogP contribution in [0, 0.1) is 6.92 Å². The van der Waals surface area contributed by atoms with Crippen LogP contribution in [0.5, 0.6) is 5.75 Å². The largest absolute Gasteiger partial charge is 0.490 e. The van der Waals surface area contributed by atoms with E-state index in [9.17, 15) is 0 Å².